The molecule has 12 heteroatoms. The highest BCUT2D eigenvalue weighted by molar-refractivity contribution is 7.84. The first kappa shape index (κ1) is 22.1. The number of aromatic nitrogens is 5. The fraction of sp³-hybridized carbons (Fsp3) is 0.0556. The molecule has 0 aromatic carbocycles. The third-order valence-corrected chi connectivity index (χ3v) is 5.31. The van der Waals surface area contributed by atoms with Gasteiger partial charge in [0.15, 0.2) is 5.65 Å². The Kier molecular flexibility index (Phi) is 7.32. The highest BCUT2D eigenvalue weighted by Crippen LogP contribution is 2.24. The van der Waals surface area contributed by atoms with Gasteiger partial charge in [-0.15, -0.1) is 25.3 Å². The van der Waals surface area contributed by atoms with E-state index in [4.69, 9.17) is 28.6 Å². The predicted molar refractivity (Wildman–Crippen MR) is 123 cm³/mol. The highest BCUT2D eigenvalue weighted by atomic mass is 35.5. The standard InChI is InChI=1S/C12H9ClN4O.C6H6N2OS3/c1-8-2-11(6-17-12(8)15-7-16-17)18-10-3-9(13)4-14-5-10;9-2-7-4-1-3(10)5(11)6(12)8-4/h2-7H,1H3;1-2,11H,(H3,7,8,9,10,12). The number of anilines is 1. The number of halogens is 1. The number of pyridine rings is 3. The molecule has 2 N–H and O–H groups in total. The largest absolute Gasteiger partial charge is 0.454 e. The van der Waals surface area contributed by atoms with Crippen molar-refractivity contribution in [2.75, 3.05) is 5.32 Å². The Morgan fingerprint density at radius 3 is 2.77 bits per heavy atom. The van der Waals surface area contributed by atoms with E-state index in [1.165, 1.54) is 6.33 Å². The average molecular weight is 479 g/mol. The van der Waals surface area contributed by atoms with E-state index >= 15 is 0 Å². The Morgan fingerprint density at radius 2 is 2.07 bits per heavy atom. The summed E-state index contributed by atoms with van der Waals surface area (Å²) >= 11 is 19.0. The first-order valence-corrected chi connectivity index (χ1v) is 9.99. The topological polar surface area (TPSA) is 97.2 Å². The van der Waals surface area contributed by atoms with Crippen molar-refractivity contribution < 1.29 is 9.53 Å². The van der Waals surface area contributed by atoms with Gasteiger partial charge in [0.05, 0.1) is 22.3 Å². The van der Waals surface area contributed by atoms with Gasteiger partial charge in [0.25, 0.3) is 0 Å². The molecule has 0 fully saturated rings. The van der Waals surface area contributed by atoms with Crippen molar-refractivity contribution >= 4 is 67.0 Å². The van der Waals surface area contributed by atoms with Crippen molar-refractivity contribution in [1.29, 1.82) is 0 Å². The van der Waals surface area contributed by atoms with Crippen LogP contribution in [0, 0.1) is 11.6 Å². The SMILES string of the molecule is Cc1cc(Oc2cncc(Cl)c2)cn2ncnc12.O=CNc1cc(S)c(S)c(=S)[nH]1. The van der Waals surface area contributed by atoms with E-state index in [-0.39, 0.29) is 0 Å². The number of rotatable bonds is 4. The zero-order valence-electron chi connectivity index (χ0n) is 15.4. The van der Waals surface area contributed by atoms with Gasteiger partial charge in [0.2, 0.25) is 6.41 Å². The van der Waals surface area contributed by atoms with Gasteiger partial charge in [0.1, 0.15) is 28.3 Å². The fourth-order valence-corrected chi connectivity index (χ4v) is 3.20. The summed E-state index contributed by atoms with van der Waals surface area (Å²) in [7, 11) is 0. The van der Waals surface area contributed by atoms with Crippen LogP contribution in [0.4, 0.5) is 5.82 Å². The molecule has 0 aliphatic rings. The third kappa shape index (κ3) is 5.51. The Balaban J connectivity index is 0.000000187. The molecule has 0 saturated carbocycles. The van der Waals surface area contributed by atoms with E-state index in [1.807, 2.05) is 13.0 Å². The molecule has 30 heavy (non-hydrogen) atoms. The van der Waals surface area contributed by atoms with Crippen LogP contribution in [0.2, 0.25) is 5.02 Å². The van der Waals surface area contributed by atoms with E-state index in [9.17, 15) is 4.79 Å². The summed E-state index contributed by atoms with van der Waals surface area (Å²) in [5.74, 6) is 1.76. The van der Waals surface area contributed by atoms with Gasteiger partial charge in [0, 0.05) is 17.2 Å². The summed E-state index contributed by atoms with van der Waals surface area (Å²) < 4.78 is 7.81. The molecule has 0 atom stereocenters. The number of hydrogen-bond acceptors (Lipinski definition) is 8. The van der Waals surface area contributed by atoms with Crippen LogP contribution < -0.4 is 10.1 Å². The number of amides is 1. The van der Waals surface area contributed by atoms with Crippen LogP contribution in [0.1, 0.15) is 5.56 Å². The van der Waals surface area contributed by atoms with Crippen molar-refractivity contribution in [3.63, 3.8) is 0 Å². The van der Waals surface area contributed by atoms with Crippen molar-refractivity contribution in [2.24, 2.45) is 0 Å². The van der Waals surface area contributed by atoms with E-state index in [0.717, 1.165) is 11.2 Å². The molecule has 0 radical (unpaired) electrons. The summed E-state index contributed by atoms with van der Waals surface area (Å²) in [6.45, 7) is 1.95. The number of carbonyl (C=O) groups is 1. The summed E-state index contributed by atoms with van der Waals surface area (Å²) in [6.07, 6.45) is 6.99. The zero-order valence-corrected chi connectivity index (χ0v) is 18.8. The van der Waals surface area contributed by atoms with Crippen molar-refractivity contribution in [3.8, 4) is 11.5 Å². The Morgan fingerprint density at radius 1 is 1.27 bits per heavy atom. The molecule has 0 unspecified atom stereocenters. The Labute approximate surface area is 192 Å². The number of hydrogen-bond donors (Lipinski definition) is 4. The van der Waals surface area contributed by atoms with E-state index in [0.29, 0.717) is 43.2 Å². The van der Waals surface area contributed by atoms with Crippen LogP contribution in [-0.2, 0) is 4.79 Å². The van der Waals surface area contributed by atoms with Crippen LogP contribution in [0.15, 0.2) is 52.9 Å². The number of nitrogens with zero attached hydrogens (tertiary/aromatic N) is 4. The first-order valence-electron chi connectivity index (χ1n) is 8.31. The van der Waals surface area contributed by atoms with Crippen LogP contribution in [0.3, 0.4) is 0 Å². The lowest BCUT2D eigenvalue weighted by Gasteiger charge is -2.07. The van der Waals surface area contributed by atoms with Gasteiger partial charge in [-0.2, -0.15) is 5.10 Å². The van der Waals surface area contributed by atoms with Gasteiger partial charge >= 0.3 is 0 Å². The minimum atomic E-state index is 0.454. The summed E-state index contributed by atoms with van der Waals surface area (Å²) in [5, 5.41) is 7.05. The van der Waals surface area contributed by atoms with Crippen molar-refractivity contribution in [3.05, 3.63) is 58.3 Å². The van der Waals surface area contributed by atoms with Crippen molar-refractivity contribution in [2.45, 2.75) is 16.7 Å². The average Bonchev–Trinajstić information content (AvgIpc) is 3.16. The molecule has 4 aromatic rings. The quantitative estimate of drug-likeness (QED) is 0.192. The fourth-order valence-electron chi connectivity index (χ4n) is 2.38. The molecule has 4 heterocycles. The minimum Gasteiger partial charge on any atom is -0.454 e. The molecule has 4 rings (SSSR count). The van der Waals surface area contributed by atoms with E-state index in [1.54, 1.807) is 35.2 Å². The lowest BCUT2D eigenvalue weighted by Crippen LogP contribution is -1.97. The molecular formula is C18H15ClN6O2S3. The van der Waals surface area contributed by atoms with Gasteiger partial charge in [-0.1, -0.05) is 23.8 Å². The van der Waals surface area contributed by atoms with E-state index in [2.05, 4.69) is 50.6 Å². The molecule has 0 bridgehead atoms. The van der Waals surface area contributed by atoms with Gasteiger partial charge in [-0.25, -0.2) is 9.50 Å². The number of aryl methyl sites for hydroxylation is 1. The number of ether oxygens (including phenoxy) is 1. The minimum absolute atomic E-state index is 0.454. The maximum absolute atomic E-state index is 10.1. The third-order valence-electron chi connectivity index (χ3n) is 3.65. The number of thiol groups is 2. The maximum Gasteiger partial charge on any atom is 0.212 e. The second-order valence-electron chi connectivity index (χ2n) is 5.84. The number of fused-ring (bicyclic) bond motifs is 1. The number of nitrogens with one attached hydrogen (secondary N) is 2. The highest BCUT2D eigenvalue weighted by Gasteiger charge is 2.05. The number of carbonyl (C=O) groups excluding carboxylic acids is 1. The first-order chi connectivity index (χ1) is 14.4. The molecule has 0 saturated heterocycles. The van der Waals surface area contributed by atoms with Crippen LogP contribution >= 0.6 is 49.1 Å². The van der Waals surface area contributed by atoms with Crippen LogP contribution in [0.5, 0.6) is 11.5 Å². The van der Waals surface area contributed by atoms with E-state index < -0.39 is 0 Å². The van der Waals surface area contributed by atoms with Crippen LogP contribution in [0.25, 0.3) is 5.65 Å². The lowest BCUT2D eigenvalue weighted by atomic mass is 10.3. The summed E-state index contributed by atoms with van der Waals surface area (Å²) in [4.78, 5) is 22.2. The monoisotopic (exact) mass is 478 g/mol. The second-order valence-corrected chi connectivity index (χ2v) is 7.61. The molecule has 0 aliphatic heterocycles. The zero-order chi connectivity index (χ0) is 21.7. The molecule has 154 valence electrons. The molecule has 0 aliphatic carbocycles. The van der Waals surface area contributed by atoms with Crippen molar-refractivity contribution in [1.82, 2.24) is 24.6 Å². The molecule has 1 amide bonds. The van der Waals surface area contributed by atoms with Gasteiger partial charge < -0.3 is 15.0 Å². The Hall–Kier alpha value is -2.60. The molecule has 8 nitrogen and oxygen atoms in total. The number of H-pyrrole nitrogens is 1. The number of aromatic amines is 1. The second kappa shape index (κ2) is 9.94. The summed E-state index contributed by atoms with van der Waals surface area (Å²) in [6, 6.07) is 5.23. The maximum atomic E-state index is 10.1. The van der Waals surface area contributed by atoms with Gasteiger partial charge in [-0.3, -0.25) is 9.78 Å². The lowest BCUT2D eigenvalue weighted by molar-refractivity contribution is -0.105. The molecule has 0 spiro atoms. The summed E-state index contributed by atoms with van der Waals surface area (Å²) in [5.41, 5.74) is 1.80. The smallest absolute Gasteiger partial charge is 0.212 e. The predicted octanol–water partition coefficient (Wildman–Crippen LogP) is 4.77. The van der Waals surface area contributed by atoms with Gasteiger partial charge in [-0.05, 0) is 24.6 Å². The van der Waals surface area contributed by atoms with Crippen LogP contribution in [-0.4, -0.2) is 31.0 Å². The Bertz CT molecular complexity index is 1260. The molecular weight excluding hydrogens is 464 g/mol. The normalized spacial score (nSPS) is 10.3. The molecule has 4 aromatic heterocycles.